The SMILES string of the molecule is CCC(C)Oc1cccc(NCCN2CCN(C)CC2)c1. The van der Waals surface area contributed by atoms with Crippen molar-refractivity contribution >= 4 is 5.69 Å². The van der Waals surface area contributed by atoms with Crippen molar-refractivity contribution in [3.63, 3.8) is 0 Å². The quantitative estimate of drug-likeness (QED) is 0.835. The monoisotopic (exact) mass is 291 g/mol. The molecule has 0 aromatic heterocycles. The number of anilines is 1. The van der Waals surface area contributed by atoms with Gasteiger partial charge in [0.1, 0.15) is 5.75 Å². The summed E-state index contributed by atoms with van der Waals surface area (Å²) in [5.74, 6) is 0.953. The molecule has 1 atom stereocenters. The molecule has 1 unspecified atom stereocenters. The summed E-state index contributed by atoms with van der Waals surface area (Å²) >= 11 is 0. The Hall–Kier alpha value is -1.26. The van der Waals surface area contributed by atoms with Crippen LogP contribution < -0.4 is 10.1 Å². The molecule has 1 saturated heterocycles. The summed E-state index contributed by atoms with van der Waals surface area (Å²) in [5, 5.41) is 3.50. The predicted octanol–water partition coefficient (Wildman–Crippen LogP) is 2.52. The van der Waals surface area contributed by atoms with Crippen LogP contribution in [0.4, 0.5) is 5.69 Å². The van der Waals surface area contributed by atoms with Crippen molar-refractivity contribution in [2.75, 3.05) is 51.6 Å². The second-order valence-electron chi connectivity index (χ2n) is 5.94. The molecule has 0 spiro atoms. The van der Waals surface area contributed by atoms with Gasteiger partial charge in [-0.05, 0) is 32.5 Å². The van der Waals surface area contributed by atoms with Crippen LogP contribution in [0, 0.1) is 0 Å². The second-order valence-corrected chi connectivity index (χ2v) is 5.94. The highest BCUT2D eigenvalue weighted by Crippen LogP contribution is 2.19. The van der Waals surface area contributed by atoms with E-state index in [1.165, 1.54) is 26.2 Å². The number of hydrogen-bond acceptors (Lipinski definition) is 4. The fraction of sp³-hybridized carbons (Fsp3) is 0.647. The maximum Gasteiger partial charge on any atom is 0.121 e. The summed E-state index contributed by atoms with van der Waals surface area (Å²) in [5.41, 5.74) is 1.14. The molecule has 21 heavy (non-hydrogen) atoms. The molecule has 4 nitrogen and oxygen atoms in total. The van der Waals surface area contributed by atoms with E-state index in [-0.39, 0.29) is 6.10 Å². The van der Waals surface area contributed by atoms with Crippen molar-refractivity contribution in [2.45, 2.75) is 26.4 Å². The molecule has 1 aromatic carbocycles. The summed E-state index contributed by atoms with van der Waals surface area (Å²) in [4.78, 5) is 4.91. The molecule has 0 amide bonds. The third-order valence-electron chi connectivity index (χ3n) is 4.10. The summed E-state index contributed by atoms with van der Waals surface area (Å²) in [7, 11) is 2.19. The third-order valence-corrected chi connectivity index (χ3v) is 4.10. The Morgan fingerprint density at radius 3 is 2.71 bits per heavy atom. The highest BCUT2D eigenvalue weighted by Gasteiger charge is 2.12. The van der Waals surface area contributed by atoms with Crippen molar-refractivity contribution in [3.8, 4) is 5.75 Å². The van der Waals surface area contributed by atoms with Gasteiger partial charge in [-0.2, -0.15) is 0 Å². The van der Waals surface area contributed by atoms with Crippen LogP contribution in [0.3, 0.4) is 0 Å². The number of benzene rings is 1. The van der Waals surface area contributed by atoms with Crippen LogP contribution in [0.15, 0.2) is 24.3 Å². The summed E-state index contributed by atoms with van der Waals surface area (Å²) in [6.07, 6.45) is 1.30. The first kappa shape index (κ1) is 16.1. The molecular formula is C17H29N3O. The number of hydrogen-bond donors (Lipinski definition) is 1. The number of likely N-dealkylation sites (N-methyl/N-ethyl adjacent to an activating group) is 1. The molecule has 0 bridgehead atoms. The van der Waals surface area contributed by atoms with E-state index in [0.29, 0.717) is 0 Å². The zero-order valence-electron chi connectivity index (χ0n) is 13.6. The van der Waals surface area contributed by atoms with Crippen molar-refractivity contribution in [2.24, 2.45) is 0 Å². The van der Waals surface area contributed by atoms with Gasteiger partial charge >= 0.3 is 0 Å². The van der Waals surface area contributed by atoms with Crippen LogP contribution in [0.5, 0.6) is 5.75 Å². The smallest absolute Gasteiger partial charge is 0.121 e. The van der Waals surface area contributed by atoms with E-state index in [1.807, 2.05) is 6.07 Å². The second kappa shape index (κ2) is 8.25. The van der Waals surface area contributed by atoms with E-state index in [0.717, 1.165) is 30.9 Å². The van der Waals surface area contributed by atoms with Crippen molar-refractivity contribution in [1.82, 2.24) is 9.80 Å². The van der Waals surface area contributed by atoms with Gasteiger partial charge in [-0.15, -0.1) is 0 Å². The minimum absolute atomic E-state index is 0.269. The first-order valence-electron chi connectivity index (χ1n) is 8.09. The van der Waals surface area contributed by atoms with Crippen LogP contribution in [-0.4, -0.2) is 62.2 Å². The van der Waals surface area contributed by atoms with Gasteiger partial charge in [0.2, 0.25) is 0 Å². The molecule has 1 aliphatic heterocycles. The van der Waals surface area contributed by atoms with Crippen LogP contribution in [0.1, 0.15) is 20.3 Å². The molecule has 4 heteroatoms. The maximum atomic E-state index is 5.86. The number of nitrogens with one attached hydrogen (secondary N) is 1. The lowest BCUT2D eigenvalue weighted by Crippen LogP contribution is -2.45. The molecule has 2 rings (SSSR count). The van der Waals surface area contributed by atoms with E-state index in [4.69, 9.17) is 4.74 Å². The van der Waals surface area contributed by atoms with Crippen molar-refractivity contribution in [3.05, 3.63) is 24.3 Å². The molecule has 0 saturated carbocycles. The summed E-state index contributed by atoms with van der Waals surface area (Å²) in [6.45, 7) is 11.0. The van der Waals surface area contributed by atoms with E-state index in [2.05, 4.69) is 54.2 Å². The van der Waals surface area contributed by atoms with Crippen LogP contribution >= 0.6 is 0 Å². The first-order chi connectivity index (χ1) is 10.2. The van der Waals surface area contributed by atoms with Gasteiger partial charge in [-0.3, -0.25) is 4.90 Å². The predicted molar refractivity (Wildman–Crippen MR) is 89.2 cm³/mol. The van der Waals surface area contributed by atoms with E-state index in [1.54, 1.807) is 0 Å². The van der Waals surface area contributed by atoms with Gasteiger partial charge in [-0.1, -0.05) is 13.0 Å². The Balaban J connectivity index is 1.74. The fourth-order valence-electron chi connectivity index (χ4n) is 2.42. The maximum absolute atomic E-state index is 5.86. The van der Waals surface area contributed by atoms with Gasteiger partial charge in [-0.25, -0.2) is 0 Å². The minimum Gasteiger partial charge on any atom is -0.491 e. The molecule has 0 aliphatic carbocycles. The van der Waals surface area contributed by atoms with Crippen molar-refractivity contribution in [1.29, 1.82) is 0 Å². The molecule has 1 fully saturated rings. The Morgan fingerprint density at radius 2 is 2.00 bits per heavy atom. The van der Waals surface area contributed by atoms with Gasteiger partial charge in [0.05, 0.1) is 6.10 Å². The standard InChI is InChI=1S/C17H29N3O/c1-4-15(2)21-17-7-5-6-16(14-17)18-8-9-20-12-10-19(3)11-13-20/h5-7,14-15,18H,4,8-13H2,1-3H3. The normalized spacial score (nSPS) is 18.4. The molecule has 1 aromatic rings. The van der Waals surface area contributed by atoms with Crippen LogP contribution in [0.25, 0.3) is 0 Å². The lowest BCUT2D eigenvalue weighted by Gasteiger charge is -2.32. The molecule has 0 radical (unpaired) electrons. The zero-order valence-corrected chi connectivity index (χ0v) is 13.6. The minimum atomic E-state index is 0.269. The highest BCUT2D eigenvalue weighted by atomic mass is 16.5. The van der Waals surface area contributed by atoms with Gasteiger partial charge in [0.15, 0.2) is 0 Å². The van der Waals surface area contributed by atoms with Gasteiger partial charge in [0.25, 0.3) is 0 Å². The lowest BCUT2D eigenvalue weighted by atomic mass is 10.2. The molecular weight excluding hydrogens is 262 g/mol. The highest BCUT2D eigenvalue weighted by molar-refractivity contribution is 5.48. The average Bonchev–Trinajstić information content (AvgIpc) is 2.49. The van der Waals surface area contributed by atoms with Crippen molar-refractivity contribution < 1.29 is 4.74 Å². The Kier molecular flexibility index (Phi) is 6.33. The lowest BCUT2D eigenvalue weighted by molar-refractivity contribution is 0.158. The van der Waals surface area contributed by atoms with E-state index in [9.17, 15) is 0 Å². The largest absolute Gasteiger partial charge is 0.491 e. The van der Waals surface area contributed by atoms with Gasteiger partial charge in [0, 0.05) is 51.0 Å². The van der Waals surface area contributed by atoms with E-state index >= 15 is 0 Å². The number of nitrogens with zero attached hydrogens (tertiary/aromatic N) is 2. The Labute approximate surface area is 129 Å². The third kappa shape index (κ3) is 5.56. The summed E-state index contributed by atoms with van der Waals surface area (Å²) in [6, 6.07) is 8.28. The van der Waals surface area contributed by atoms with Gasteiger partial charge < -0.3 is 15.0 Å². The Bertz CT molecular complexity index is 416. The average molecular weight is 291 g/mol. The van der Waals surface area contributed by atoms with Crippen LogP contribution in [-0.2, 0) is 0 Å². The fourth-order valence-corrected chi connectivity index (χ4v) is 2.42. The first-order valence-corrected chi connectivity index (χ1v) is 8.09. The topological polar surface area (TPSA) is 27.7 Å². The number of rotatable bonds is 7. The molecule has 1 aliphatic rings. The van der Waals surface area contributed by atoms with Crippen LogP contribution in [0.2, 0.25) is 0 Å². The molecule has 1 heterocycles. The van der Waals surface area contributed by atoms with E-state index < -0.39 is 0 Å². The molecule has 118 valence electrons. The summed E-state index contributed by atoms with van der Waals surface area (Å²) < 4.78 is 5.86. The Morgan fingerprint density at radius 1 is 1.24 bits per heavy atom. The molecule has 1 N–H and O–H groups in total. The zero-order chi connectivity index (χ0) is 15.1. The number of ether oxygens (including phenoxy) is 1. The number of piperazine rings is 1.